The molecule has 1 aromatic rings. The Morgan fingerprint density at radius 2 is 2.07 bits per heavy atom. The van der Waals surface area contributed by atoms with Gasteiger partial charge in [0.2, 0.25) is 0 Å². The molecule has 82 valence electrons. The molecule has 1 unspecified atom stereocenters. The van der Waals surface area contributed by atoms with Gasteiger partial charge < -0.3 is 4.57 Å². The SMILES string of the molecule is CC1CCc2nc(C3CCCC3)cn2C1. The lowest BCUT2D eigenvalue weighted by atomic mass is 10.0. The van der Waals surface area contributed by atoms with Crippen LogP contribution in [0.1, 0.15) is 56.5 Å². The molecule has 2 nitrogen and oxygen atoms in total. The molecule has 1 aromatic heterocycles. The van der Waals surface area contributed by atoms with Gasteiger partial charge in [-0.05, 0) is 25.2 Å². The zero-order valence-corrected chi connectivity index (χ0v) is 9.58. The number of rotatable bonds is 1. The summed E-state index contributed by atoms with van der Waals surface area (Å²) < 4.78 is 2.40. The van der Waals surface area contributed by atoms with Gasteiger partial charge in [-0.15, -0.1) is 0 Å². The minimum Gasteiger partial charge on any atom is -0.334 e. The van der Waals surface area contributed by atoms with Gasteiger partial charge >= 0.3 is 0 Å². The minimum atomic E-state index is 0.776. The lowest BCUT2D eigenvalue weighted by Gasteiger charge is -2.19. The van der Waals surface area contributed by atoms with Crippen LogP contribution in [0.4, 0.5) is 0 Å². The monoisotopic (exact) mass is 204 g/mol. The number of hydrogen-bond acceptors (Lipinski definition) is 1. The van der Waals surface area contributed by atoms with E-state index in [1.165, 1.54) is 56.6 Å². The Balaban J connectivity index is 1.85. The summed E-state index contributed by atoms with van der Waals surface area (Å²) in [6.07, 6.45) is 10.4. The predicted molar refractivity (Wildman–Crippen MR) is 60.9 cm³/mol. The van der Waals surface area contributed by atoms with Crippen molar-refractivity contribution in [3.8, 4) is 0 Å². The van der Waals surface area contributed by atoms with Crippen LogP contribution >= 0.6 is 0 Å². The predicted octanol–water partition coefficient (Wildman–Crippen LogP) is 3.12. The Hall–Kier alpha value is -0.790. The summed E-state index contributed by atoms with van der Waals surface area (Å²) in [5, 5.41) is 0. The Bertz CT molecular complexity index is 347. The summed E-state index contributed by atoms with van der Waals surface area (Å²) in [5.41, 5.74) is 1.39. The standard InChI is InChI=1S/C13H20N2/c1-10-6-7-13-14-12(9-15(13)8-10)11-4-2-3-5-11/h9-11H,2-8H2,1H3. The molecule has 0 bridgehead atoms. The van der Waals surface area contributed by atoms with Crippen molar-refractivity contribution in [2.75, 3.05) is 0 Å². The first-order chi connectivity index (χ1) is 7.33. The first kappa shape index (κ1) is 9.44. The lowest BCUT2D eigenvalue weighted by molar-refractivity contribution is 0.394. The van der Waals surface area contributed by atoms with E-state index >= 15 is 0 Å². The smallest absolute Gasteiger partial charge is 0.108 e. The van der Waals surface area contributed by atoms with Crippen LogP contribution in [-0.4, -0.2) is 9.55 Å². The first-order valence-corrected chi connectivity index (χ1v) is 6.39. The van der Waals surface area contributed by atoms with Crippen molar-refractivity contribution >= 4 is 0 Å². The van der Waals surface area contributed by atoms with Crippen molar-refractivity contribution < 1.29 is 0 Å². The summed E-state index contributed by atoms with van der Waals surface area (Å²) in [4.78, 5) is 4.83. The maximum absolute atomic E-state index is 4.83. The molecule has 0 N–H and O–H groups in total. The van der Waals surface area contributed by atoms with E-state index < -0.39 is 0 Å². The molecule has 2 heteroatoms. The van der Waals surface area contributed by atoms with E-state index in [0.717, 1.165) is 11.8 Å². The Morgan fingerprint density at radius 1 is 1.27 bits per heavy atom. The number of imidazole rings is 1. The third-order valence-corrected chi connectivity index (χ3v) is 4.02. The molecular formula is C13H20N2. The van der Waals surface area contributed by atoms with E-state index in [-0.39, 0.29) is 0 Å². The highest BCUT2D eigenvalue weighted by molar-refractivity contribution is 5.12. The zero-order chi connectivity index (χ0) is 10.3. The zero-order valence-electron chi connectivity index (χ0n) is 9.58. The normalized spacial score (nSPS) is 26.9. The van der Waals surface area contributed by atoms with Crippen molar-refractivity contribution in [2.45, 2.75) is 57.9 Å². The van der Waals surface area contributed by atoms with Gasteiger partial charge in [-0.1, -0.05) is 19.8 Å². The number of fused-ring (bicyclic) bond motifs is 1. The van der Waals surface area contributed by atoms with Gasteiger partial charge in [-0.2, -0.15) is 0 Å². The second-order valence-corrected chi connectivity index (χ2v) is 5.36. The van der Waals surface area contributed by atoms with E-state index in [0.29, 0.717) is 0 Å². The fourth-order valence-corrected chi connectivity index (χ4v) is 3.05. The quantitative estimate of drug-likeness (QED) is 0.687. The summed E-state index contributed by atoms with van der Waals surface area (Å²) in [6.45, 7) is 3.53. The maximum atomic E-state index is 4.83. The number of aryl methyl sites for hydroxylation is 1. The van der Waals surface area contributed by atoms with Crippen molar-refractivity contribution in [3.63, 3.8) is 0 Å². The van der Waals surface area contributed by atoms with Gasteiger partial charge in [-0.25, -0.2) is 4.98 Å². The van der Waals surface area contributed by atoms with Crippen LogP contribution < -0.4 is 0 Å². The van der Waals surface area contributed by atoms with Gasteiger partial charge in [0.1, 0.15) is 5.82 Å². The molecule has 2 aliphatic rings. The van der Waals surface area contributed by atoms with E-state index in [1.807, 2.05) is 0 Å². The second-order valence-electron chi connectivity index (χ2n) is 5.36. The van der Waals surface area contributed by atoms with Crippen molar-refractivity contribution in [1.82, 2.24) is 9.55 Å². The van der Waals surface area contributed by atoms with Gasteiger partial charge in [-0.3, -0.25) is 0 Å². The van der Waals surface area contributed by atoms with Crippen LogP contribution in [0.5, 0.6) is 0 Å². The van der Waals surface area contributed by atoms with Crippen molar-refractivity contribution in [2.24, 2.45) is 5.92 Å². The van der Waals surface area contributed by atoms with Crippen LogP contribution in [0, 0.1) is 5.92 Å². The molecule has 3 rings (SSSR count). The van der Waals surface area contributed by atoms with E-state index in [9.17, 15) is 0 Å². The van der Waals surface area contributed by atoms with Gasteiger partial charge in [0.25, 0.3) is 0 Å². The average molecular weight is 204 g/mol. The Labute approximate surface area is 91.7 Å². The molecule has 1 saturated carbocycles. The highest BCUT2D eigenvalue weighted by Gasteiger charge is 2.23. The molecule has 2 heterocycles. The molecule has 0 saturated heterocycles. The highest BCUT2D eigenvalue weighted by atomic mass is 15.1. The molecule has 0 radical (unpaired) electrons. The van der Waals surface area contributed by atoms with Gasteiger partial charge in [0, 0.05) is 25.1 Å². The largest absolute Gasteiger partial charge is 0.334 e. The summed E-state index contributed by atoms with van der Waals surface area (Å²) in [5.74, 6) is 2.96. The molecule has 0 amide bonds. The van der Waals surface area contributed by atoms with E-state index in [4.69, 9.17) is 4.98 Å². The van der Waals surface area contributed by atoms with Crippen molar-refractivity contribution in [1.29, 1.82) is 0 Å². The van der Waals surface area contributed by atoms with E-state index in [2.05, 4.69) is 17.7 Å². The number of aromatic nitrogens is 2. The Morgan fingerprint density at radius 3 is 2.87 bits per heavy atom. The lowest BCUT2D eigenvalue weighted by Crippen LogP contribution is -2.17. The summed E-state index contributed by atoms with van der Waals surface area (Å²) >= 11 is 0. The third kappa shape index (κ3) is 1.70. The van der Waals surface area contributed by atoms with Crippen LogP contribution in [0.2, 0.25) is 0 Å². The van der Waals surface area contributed by atoms with E-state index in [1.54, 1.807) is 0 Å². The van der Waals surface area contributed by atoms with Crippen LogP contribution in [0.25, 0.3) is 0 Å². The molecule has 1 aliphatic heterocycles. The molecule has 1 atom stereocenters. The highest BCUT2D eigenvalue weighted by Crippen LogP contribution is 2.34. The topological polar surface area (TPSA) is 17.8 Å². The van der Waals surface area contributed by atoms with Crippen molar-refractivity contribution in [3.05, 3.63) is 17.7 Å². The summed E-state index contributed by atoms with van der Waals surface area (Å²) in [6, 6.07) is 0. The number of hydrogen-bond donors (Lipinski definition) is 0. The molecular weight excluding hydrogens is 184 g/mol. The van der Waals surface area contributed by atoms with Crippen LogP contribution in [0.15, 0.2) is 6.20 Å². The minimum absolute atomic E-state index is 0.776. The van der Waals surface area contributed by atoms with Gasteiger partial charge in [0.15, 0.2) is 0 Å². The maximum Gasteiger partial charge on any atom is 0.108 e. The average Bonchev–Trinajstić information content (AvgIpc) is 2.84. The molecule has 1 aliphatic carbocycles. The second kappa shape index (κ2) is 3.66. The molecule has 1 fully saturated rings. The molecule has 0 aromatic carbocycles. The third-order valence-electron chi connectivity index (χ3n) is 4.02. The molecule has 0 spiro atoms. The van der Waals surface area contributed by atoms with Gasteiger partial charge in [0.05, 0.1) is 5.69 Å². The number of nitrogens with zero attached hydrogens (tertiary/aromatic N) is 2. The Kier molecular flexibility index (Phi) is 2.30. The first-order valence-electron chi connectivity index (χ1n) is 6.39. The van der Waals surface area contributed by atoms with Crippen LogP contribution in [-0.2, 0) is 13.0 Å². The fraction of sp³-hybridized carbons (Fsp3) is 0.769. The summed E-state index contributed by atoms with van der Waals surface area (Å²) in [7, 11) is 0. The van der Waals surface area contributed by atoms with Crippen LogP contribution in [0.3, 0.4) is 0 Å². The molecule has 15 heavy (non-hydrogen) atoms. The fourth-order valence-electron chi connectivity index (χ4n) is 3.05.